The van der Waals surface area contributed by atoms with E-state index in [0.29, 0.717) is 6.42 Å². The van der Waals surface area contributed by atoms with Gasteiger partial charge in [0.25, 0.3) is 0 Å². The number of hydrogen-bond acceptors (Lipinski definition) is 5. The lowest BCUT2D eigenvalue weighted by molar-refractivity contribution is -0.147. The molecular formula is C11H17NO4S. The molecule has 0 aromatic heterocycles. The normalized spacial score (nSPS) is 33.1. The molecule has 0 aromatic carbocycles. The first-order valence-corrected chi connectivity index (χ1v) is 7.45. The second-order valence-corrected chi connectivity index (χ2v) is 6.84. The first-order chi connectivity index (χ1) is 7.78. The molecule has 5 nitrogen and oxygen atoms in total. The molecule has 0 unspecified atom stereocenters. The Labute approximate surface area is 102 Å². The van der Waals surface area contributed by atoms with Gasteiger partial charge in [0.1, 0.15) is 0 Å². The maximum atomic E-state index is 11.7. The Morgan fingerprint density at radius 1 is 1.59 bits per heavy atom. The summed E-state index contributed by atoms with van der Waals surface area (Å²) in [5, 5.41) is 9.17. The summed E-state index contributed by atoms with van der Waals surface area (Å²) in [4.78, 5) is 11.6. The maximum Gasteiger partial charge on any atom is 0.309 e. The van der Waals surface area contributed by atoms with Crippen LogP contribution in [0.3, 0.4) is 0 Å². The Kier molecular flexibility index (Phi) is 3.82. The summed E-state index contributed by atoms with van der Waals surface area (Å²) in [7, 11) is -3.51. The molecule has 1 rings (SSSR count). The summed E-state index contributed by atoms with van der Waals surface area (Å²) in [6, 6.07) is 1.90. The van der Waals surface area contributed by atoms with Crippen molar-refractivity contribution in [1.29, 1.82) is 5.26 Å². The number of sulfone groups is 1. The molecule has 0 bridgehead atoms. The standard InChI is InChI=1S/C11H17NO4S/c1-4-16-10(13)9-5-8(2)11(6-9,7-12)17(3,14)15/h8-9H,4-6H2,1-3H3/t8-,9-,11-/m1/s1. The third-order valence-electron chi connectivity index (χ3n) is 3.45. The molecule has 6 heteroatoms. The number of esters is 1. The van der Waals surface area contributed by atoms with Crippen LogP contribution in [-0.4, -0.2) is 32.0 Å². The number of carbonyl (C=O) groups excluding carboxylic acids is 1. The molecule has 0 aliphatic heterocycles. The molecule has 0 spiro atoms. The van der Waals surface area contributed by atoms with Crippen LogP contribution in [0.25, 0.3) is 0 Å². The fourth-order valence-electron chi connectivity index (χ4n) is 2.46. The van der Waals surface area contributed by atoms with E-state index >= 15 is 0 Å². The molecule has 3 atom stereocenters. The van der Waals surface area contributed by atoms with Crippen molar-refractivity contribution in [2.45, 2.75) is 31.4 Å². The number of ether oxygens (including phenoxy) is 1. The van der Waals surface area contributed by atoms with Gasteiger partial charge < -0.3 is 4.74 Å². The fraction of sp³-hybridized carbons (Fsp3) is 0.818. The van der Waals surface area contributed by atoms with E-state index in [1.165, 1.54) is 0 Å². The molecule has 0 saturated heterocycles. The first-order valence-electron chi connectivity index (χ1n) is 5.56. The topological polar surface area (TPSA) is 84.2 Å². The molecular weight excluding hydrogens is 242 g/mol. The average molecular weight is 259 g/mol. The van der Waals surface area contributed by atoms with Crippen LogP contribution in [0.1, 0.15) is 26.7 Å². The predicted molar refractivity (Wildman–Crippen MR) is 61.7 cm³/mol. The predicted octanol–water partition coefficient (Wildman–Crippen LogP) is 0.903. The van der Waals surface area contributed by atoms with Gasteiger partial charge in [0, 0.05) is 6.26 Å². The molecule has 0 amide bonds. The van der Waals surface area contributed by atoms with Gasteiger partial charge in [-0.3, -0.25) is 4.79 Å². The number of nitriles is 1. The zero-order valence-electron chi connectivity index (χ0n) is 10.3. The number of nitrogens with zero attached hydrogens (tertiary/aromatic N) is 1. The Morgan fingerprint density at radius 2 is 2.18 bits per heavy atom. The van der Waals surface area contributed by atoms with Crippen molar-refractivity contribution in [3.05, 3.63) is 0 Å². The summed E-state index contributed by atoms with van der Waals surface area (Å²) in [6.07, 6.45) is 1.49. The van der Waals surface area contributed by atoms with Gasteiger partial charge in [-0.15, -0.1) is 0 Å². The van der Waals surface area contributed by atoms with Gasteiger partial charge in [0.2, 0.25) is 0 Å². The zero-order chi connectivity index (χ0) is 13.3. The zero-order valence-corrected chi connectivity index (χ0v) is 11.1. The van der Waals surface area contributed by atoms with Crippen molar-refractivity contribution in [1.82, 2.24) is 0 Å². The molecule has 17 heavy (non-hydrogen) atoms. The van der Waals surface area contributed by atoms with Crippen LogP contribution in [0.2, 0.25) is 0 Å². The summed E-state index contributed by atoms with van der Waals surface area (Å²) in [5.74, 6) is -1.24. The minimum absolute atomic E-state index is 0.0440. The molecule has 0 aromatic rings. The van der Waals surface area contributed by atoms with Crippen molar-refractivity contribution in [2.24, 2.45) is 11.8 Å². The van der Waals surface area contributed by atoms with E-state index in [1.807, 2.05) is 6.07 Å². The SMILES string of the molecule is CCOC(=O)[C@@H]1C[C@@H](C)[C@@](C#N)(S(C)(=O)=O)C1. The van der Waals surface area contributed by atoms with Crippen LogP contribution < -0.4 is 0 Å². The van der Waals surface area contributed by atoms with E-state index in [-0.39, 0.29) is 18.9 Å². The average Bonchev–Trinajstić information content (AvgIpc) is 2.56. The molecule has 0 N–H and O–H groups in total. The first kappa shape index (κ1) is 14.0. The van der Waals surface area contributed by atoms with Gasteiger partial charge in [0.05, 0.1) is 18.6 Å². The molecule has 1 fully saturated rings. The van der Waals surface area contributed by atoms with Gasteiger partial charge in [-0.05, 0) is 25.7 Å². The number of hydrogen-bond donors (Lipinski definition) is 0. The van der Waals surface area contributed by atoms with E-state index in [9.17, 15) is 18.5 Å². The van der Waals surface area contributed by atoms with Crippen LogP contribution in [0.4, 0.5) is 0 Å². The minimum atomic E-state index is -3.51. The van der Waals surface area contributed by atoms with Crippen molar-refractivity contribution in [3.63, 3.8) is 0 Å². The van der Waals surface area contributed by atoms with E-state index in [1.54, 1.807) is 13.8 Å². The van der Waals surface area contributed by atoms with Crippen molar-refractivity contribution in [2.75, 3.05) is 12.9 Å². The number of carbonyl (C=O) groups is 1. The monoisotopic (exact) mass is 259 g/mol. The Hall–Kier alpha value is -1.09. The molecule has 1 saturated carbocycles. The fourth-order valence-corrected chi connectivity index (χ4v) is 3.96. The van der Waals surface area contributed by atoms with Crippen LogP contribution in [0.5, 0.6) is 0 Å². The van der Waals surface area contributed by atoms with Crippen molar-refractivity contribution >= 4 is 15.8 Å². The highest BCUT2D eigenvalue weighted by molar-refractivity contribution is 7.92. The molecule has 1 aliphatic carbocycles. The largest absolute Gasteiger partial charge is 0.466 e. The lowest BCUT2D eigenvalue weighted by Crippen LogP contribution is -2.39. The van der Waals surface area contributed by atoms with Crippen molar-refractivity contribution in [3.8, 4) is 6.07 Å². The molecule has 1 aliphatic rings. The molecule has 96 valence electrons. The third kappa shape index (κ3) is 2.29. The minimum Gasteiger partial charge on any atom is -0.466 e. The highest BCUT2D eigenvalue weighted by Crippen LogP contribution is 2.44. The van der Waals surface area contributed by atoms with E-state index in [2.05, 4.69) is 0 Å². The van der Waals surface area contributed by atoms with E-state index < -0.39 is 26.5 Å². The Morgan fingerprint density at radius 3 is 2.53 bits per heavy atom. The van der Waals surface area contributed by atoms with Crippen LogP contribution >= 0.6 is 0 Å². The van der Waals surface area contributed by atoms with Crippen LogP contribution in [-0.2, 0) is 19.4 Å². The van der Waals surface area contributed by atoms with Crippen LogP contribution in [0, 0.1) is 23.2 Å². The summed E-state index contributed by atoms with van der Waals surface area (Å²) in [6.45, 7) is 3.66. The quantitative estimate of drug-likeness (QED) is 0.703. The lowest BCUT2D eigenvalue weighted by atomic mass is 9.99. The Bertz CT molecular complexity index is 451. The maximum absolute atomic E-state index is 11.7. The lowest BCUT2D eigenvalue weighted by Gasteiger charge is -2.23. The van der Waals surface area contributed by atoms with E-state index in [0.717, 1.165) is 6.26 Å². The smallest absolute Gasteiger partial charge is 0.309 e. The molecule has 0 radical (unpaired) electrons. The second-order valence-electron chi connectivity index (χ2n) is 4.56. The summed E-state index contributed by atoms with van der Waals surface area (Å²) in [5.41, 5.74) is 0. The van der Waals surface area contributed by atoms with E-state index in [4.69, 9.17) is 4.74 Å². The molecule has 0 heterocycles. The third-order valence-corrected chi connectivity index (χ3v) is 5.44. The van der Waals surface area contributed by atoms with Crippen LogP contribution in [0.15, 0.2) is 0 Å². The Balaban J connectivity index is 3.01. The van der Waals surface area contributed by atoms with Gasteiger partial charge in [-0.1, -0.05) is 6.92 Å². The van der Waals surface area contributed by atoms with Gasteiger partial charge in [-0.25, -0.2) is 8.42 Å². The number of rotatable bonds is 3. The second kappa shape index (κ2) is 4.65. The van der Waals surface area contributed by atoms with Gasteiger partial charge in [0.15, 0.2) is 14.6 Å². The van der Waals surface area contributed by atoms with Gasteiger partial charge >= 0.3 is 5.97 Å². The summed E-state index contributed by atoms with van der Waals surface area (Å²) < 4.78 is 26.9. The highest BCUT2D eigenvalue weighted by Gasteiger charge is 2.55. The van der Waals surface area contributed by atoms with Gasteiger partial charge in [-0.2, -0.15) is 5.26 Å². The summed E-state index contributed by atoms with van der Waals surface area (Å²) >= 11 is 0. The van der Waals surface area contributed by atoms with Crippen molar-refractivity contribution < 1.29 is 17.9 Å². The highest BCUT2D eigenvalue weighted by atomic mass is 32.2.